The Morgan fingerprint density at radius 3 is 2.57 bits per heavy atom. The third kappa shape index (κ3) is 6.29. The summed E-state index contributed by atoms with van der Waals surface area (Å²) in [6.07, 6.45) is 2.32. The summed E-state index contributed by atoms with van der Waals surface area (Å²) in [5, 5.41) is 2.89. The molecule has 0 saturated heterocycles. The number of unbranched alkanes of at least 4 members (excludes halogenated alkanes) is 1. The molecule has 5 heteroatoms. The van der Waals surface area contributed by atoms with Gasteiger partial charge in [0.1, 0.15) is 0 Å². The Balaban J connectivity index is 2.50. The normalized spacial score (nSPS) is 10.3. The number of aryl methyl sites for hydroxylation is 1. The minimum atomic E-state index is -0.0665. The lowest BCUT2D eigenvalue weighted by molar-refractivity contribution is -0.129. The molecular weight excluding hydrogens is 332 g/mol. The van der Waals surface area contributed by atoms with Crippen LogP contribution in [-0.2, 0) is 9.59 Å². The van der Waals surface area contributed by atoms with Crippen molar-refractivity contribution in [3.63, 3.8) is 0 Å². The number of hydrogen-bond donors (Lipinski definition) is 1. The van der Waals surface area contributed by atoms with Gasteiger partial charge in [0.15, 0.2) is 0 Å². The second-order valence-electron chi connectivity index (χ2n) is 5.12. The number of anilines is 1. The fourth-order valence-corrected chi connectivity index (χ4v) is 2.47. The van der Waals surface area contributed by atoms with Gasteiger partial charge in [0.25, 0.3) is 0 Å². The van der Waals surface area contributed by atoms with Crippen LogP contribution in [0.1, 0.15) is 38.7 Å². The van der Waals surface area contributed by atoms with Crippen LogP contribution in [-0.4, -0.2) is 29.8 Å². The molecule has 1 rings (SSSR count). The summed E-state index contributed by atoms with van der Waals surface area (Å²) in [7, 11) is 0. The van der Waals surface area contributed by atoms with Crippen LogP contribution in [0.15, 0.2) is 22.7 Å². The maximum atomic E-state index is 12.0. The average Bonchev–Trinajstić information content (AvgIpc) is 2.41. The van der Waals surface area contributed by atoms with Crippen LogP contribution >= 0.6 is 15.9 Å². The largest absolute Gasteiger partial charge is 0.342 e. The summed E-state index contributed by atoms with van der Waals surface area (Å²) in [5.74, 6) is -0.0424. The van der Waals surface area contributed by atoms with Crippen LogP contribution in [0.2, 0.25) is 0 Å². The van der Waals surface area contributed by atoms with Crippen molar-refractivity contribution >= 4 is 33.4 Å². The predicted octanol–water partition coefficient (Wildman–Crippen LogP) is 3.73. The second kappa shape index (κ2) is 8.82. The fraction of sp³-hybridized carbons (Fsp3) is 0.500. The molecule has 0 aliphatic heterocycles. The van der Waals surface area contributed by atoms with Gasteiger partial charge in [-0.2, -0.15) is 0 Å². The zero-order valence-corrected chi connectivity index (χ0v) is 14.5. The van der Waals surface area contributed by atoms with E-state index in [0.717, 1.165) is 35.1 Å². The molecule has 1 aromatic carbocycles. The number of benzene rings is 1. The maximum absolute atomic E-state index is 12.0. The smallest absolute Gasteiger partial charge is 0.226 e. The Hall–Kier alpha value is -1.36. The molecule has 0 spiro atoms. The minimum Gasteiger partial charge on any atom is -0.342 e. The molecule has 0 saturated carbocycles. The number of carbonyl (C=O) groups excluding carboxylic acids is 2. The Morgan fingerprint density at radius 2 is 2.00 bits per heavy atom. The lowest BCUT2D eigenvalue weighted by Gasteiger charge is -2.20. The fourth-order valence-electron chi connectivity index (χ4n) is 1.99. The van der Waals surface area contributed by atoms with Gasteiger partial charge in [-0.25, -0.2) is 0 Å². The highest BCUT2D eigenvalue weighted by Crippen LogP contribution is 2.20. The highest BCUT2D eigenvalue weighted by molar-refractivity contribution is 9.10. The van der Waals surface area contributed by atoms with E-state index in [9.17, 15) is 9.59 Å². The van der Waals surface area contributed by atoms with Crippen LogP contribution < -0.4 is 5.32 Å². The molecule has 0 unspecified atom stereocenters. The first-order valence-electron chi connectivity index (χ1n) is 7.25. The van der Waals surface area contributed by atoms with E-state index in [1.54, 1.807) is 11.8 Å². The van der Waals surface area contributed by atoms with Gasteiger partial charge in [-0.05, 0) is 37.1 Å². The summed E-state index contributed by atoms with van der Waals surface area (Å²) in [6, 6.07) is 5.72. The minimum absolute atomic E-state index is 0.0241. The van der Waals surface area contributed by atoms with Crippen molar-refractivity contribution in [2.75, 3.05) is 18.4 Å². The first-order valence-corrected chi connectivity index (χ1v) is 8.04. The number of nitrogens with one attached hydrogen (secondary N) is 1. The Bertz CT molecular complexity index is 503. The number of carbonyl (C=O) groups is 2. The number of hydrogen-bond acceptors (Lipinski definition) is 2. The lowest BCUT2D eigenvalue weighted by Crippen LogP contribution is -2.32. The number of nitrogens with zero attached hydrogens (tertiary/aromatic N) is 1. The molecule has 2 amide bonds. The van der Waals surface area contributed by atoms with Gasteiger partial charge in [0.05, 0.1) is 0 Å². The predicted molar refractivity (Wildman–Crippen MR) is 89.3 cm³/mol. The molecule has 0 aliphatic rings. The second-order valence-corrected chi connectivity index (χ2v) is 6.03. The molecular formula is C16H23BrN2O2. The van der Waals surface area contributed by atoms with E-state index in [0.29, 0.717) is 13.0 Å². The van der Waals surface area contributed by atoms with Crippen molar-refractivity contribution in [1.82, 2.24) is 4.90 Å². The molecule has 4 nitrogen and oxygen atoms in total. The molecule has 0 radical (unpaired) electrons. The Morgan fingerprint density at radius 1 is 1.29 bits per heavy atom. The highest BCUT2D eigenvalue weighted by Gasteiger charge is 2.11. The molecule has 0 aromatic heterocycles. The third-order valence-electron chi connectivity index (χ3n) is 3.30. The SMILES string of the molecule is CCCCN(CCC(=O)Nc1ccc(Br)cc1C)C(C)=O. The summed E-state index contributed by atoms with van der Waals surface area (Å²) < 4.78 is 0.986. The highest BCUT2D eigenvalue weighted by atomic mass is 79.9. The topological polar surface area (TPSA) is 49.4 Å². The van der Waals surface area contributed by atoms with Crippen molar-refractivity contribution in [1.29, 1.82) is 0 Å². The molecule has 0 fully saturated rings. The first kappa shape index (κ1) is 17.7. The summed E-state index contributed by atoms with van der Waals surface area (Å²) in [5.41, 5.74) is 1.82. The summed E-state index contributed by atoms with van der Waals surface area (Å²) in [6.45, 7) is 6.77. The average molecular weight is 355 g/mol. The van der Waals surface area contributed by atoms with Crippen molar-refractivity contribution in [3.8, 4) is 0 Å². The zero-order valence-electron chi connectivity index (χ0n) is 12.9. The Labute approximate surface area is 135 Å². The van der Waals surface area contributed by atoms with E-state index in [-0.39, 0.29) is 11.8 Å². The first-order chi connectivity index (χ1) is 9.93. The molecule has 0 atom stereocenters. The van der Waals surface area contributed by atoms with E-state index in [1.807, 2.05) is 25.1 Å². The molecule has 21 heavy (non-hydrogen) atoms. The van der Waals surface area contributed by atoms with Gasteiger partial charge in [0.2, 0.25) is 11.8 Å². The van der Waals surface area contributed by atoms with Crippen molar-refractivity contribution in [3.05, 3.63) is 28.2 Å². The van der Waals surface area contributed by atoms with E-state index in [2.05, 4.69) is 28.2 Å². The van der Waals surface area contributed by atoms with E-state index in [1.165, 1.54) is 0 Å². The van der Waals surface area contributed by atoms with Gasteiger partial charge in [-0.3, -0.25) is 9.59 Å². The van der Waals surface area contributed by atoms with Crippen molar-refractivity contribution in [2.45, 2.75) is 40.0 Å². The van der Waals surface area contributed by atoms with Gasteiger partial charge < -0.3 is 10.2 Å². The van der Waals surface area contributed by atoms with Crippen LogP contribution in [0, 0.1) is 6.92 Å². The van der Waals surface area contributed by atoms with Crippen LogP contribution in [0.4, 0.5) is 5.69 Å². The Kier molecular flexibility index (Phi) is 7.43. The number of amides is 2. The number of rotatable bonds is 7. The molecule has 116 valence electrons. The molecule has 0 heterocycles. The van der Waals surface area contributed by atoms with Gasteiger partial charge in [-0.15, -0.1) is 0 Å². The molecule has 1 aromatic rings. The van der Waals surface area contributed by atoms with Crippen LogP contribution in [0.3, 0.4) is 0 Å². The molecule has 0 aliphatic carbocycles. The van der Waals surface area contributed by atoms with E-state index >= 15 is 0 Å². The summed E-state index contributed by atoms with van der Waals surface area (Å²) >= 11 is 3.40. The zero-order chi connectivity index (χ0) is 15.8. The van der Waals surface area contributed by atoms with Gasteiger partial charge in [0, 0.05) is 36.6 Å². The molecule has 1 N–H and O–H groups in total. The maximum Gasteiger partial charge on any atom is 0.226 e. The standard InChI is InChI=1S/C16H23BrN2O2/c1-4-5-9-19(13(3)20)10-8-16(21)18-15-7-6-14(17)11-12(15)2/h6-7,11H,4-5,8-10H2,1-3H3,(H,18,21). The van der Waals surface area contributed by atoms with E-state index in [4.69, 9.17) is 0 Å². The molecule has 0 bridgehead atoms. The van der Waals surface area contributed by atoms with Crippen LogP contribution in [0.5, 0.6) is 0 Å². The van der Waals surface area contributed by atoms with Crippen molar-refractivity contribution in [2.24, 2.45) is 0 Å². The van der Waals surface area contributed by atoms with Crippen LogP contribution in [0.25, 0.3) is 0 Å². The third-order valence-corrected chi connectivity index (χ3v) is 3.79. The quantitative estimate of drug-likeness (QED) is 0.810. The number of halogens is 1. The monoisotopic (exact) mass is 354 g/mol. The summed E-state index contributed by atoms with van der Waals surface area (Å²) in [4.78, 5) is 25.2. The van der Waals surface area contributed by atoms with Gasteiger partial charge >= 0.3 is 0 Å². The van der Waals surface area contributed by atoms with Gasteiger partial charge in [-0.1, -0.05) is 29.3 Å². The van der Waals surface area contributed by atoms with E-state index < -0.39 is 0 Å². The van der Waals surface area contributed by atoms with Crippen molar-refractivity contribution < 1.29 is 9.59 Å². The lowest BCUT2D eigenvalue weighted by atomic mass is 10.2.